The van der Waals surface area contributed by atoms with Crippen LogP contribution in [0.3, 0.4) is 0 Å². The first kappa shape index (κ1) is 21.9. The van der Waals surface area contributed by atoms with Gasteiger partial charge in [0.05, 0.1) is 22.2 Å². The number of pyridine rings is 2. The fourth-order valence-corrected chi connectivity index (χ4v) is 3.71. The number of fused-ring (bicyclic) bond motifs is 1. The Morgan fingerprint density at radius 2 is 1.69 bits per heavy atom. The maximum absolute atomic E-state index is 12.9. The van der Waals surface area contributed by atoms with Crippen molar-refractivity contribution in [1.82, 2.24) is 9.55 Å². The number of nitrogens with one attached hydrogen (secondary N) is 2. The van der Waals surface area contributed by atoms with Crippen molar-refractivity contribution in [3.05, 3.63) is 114 Å². The molecule has 0 spiro atoms. The molecule has 0 radical (unpaired) electrons. The first-order valence-electron chi connectivity index (χ1n) is 11.1. The molecule has 0 aliphatic rings. The number of aryl methyl sites for hydroxylation is 1. The maximum Gasteiger partial charge on any atom is 0.255 e. The van der Waals surface area contributed by atoms with Gasteiger partial charge in [-0.2, -0.15) is 0 Å². The number of nitrogens with two attached hydrogens (primary N) is 1. The predicted molar refractivity (Wildman–Crippen MR) is 141 cm³/mol. The van der Waals surface area contributed by atoms with E-state index < -0.39 is 0 Å². The van der Waals surface area contributed by atoms with Gasteiger partial charge in [-0.15, -0.1) is 0 Å². The topological polar surface area (TPSA) is 97.3 Å². The highest BCUT2D eigenvalue weighted by Gasteiger charge is 2.10. The van der Waals surface area contributed by atoms with Gasteiger partial charge < -0.3 is 20.9 Å². The molecule has 35 heavy (non-hydrogen) atoms. The van der Waals surface area contributed by atoms with Crippen LogP contribution >= 0.6 is 0 Å². The number of hydrogen-bond acceptors (Lipinski definition) is 5. The molecule has 7 heteroatoms. The minimum absolute atomic E-state index is 0.208. The Kier molecular flexibility index (Phi) is 5.96. The lowest BCUT2D eigenvalue weighted by Crippen LogP contribution is -2.12. The lowest BCUT2D eigenvalue weighted by Gasteiger charge is -2.11. The molecule has 0 atom stereocenters. The number of anilines is 4. The summed E-state index contributed by atoms with van der Waals surface area (Å²) in [5.41, 5.74) is 11.1. The quantitative estimate of drug-likeness (QED) is 0.307. The normalized spacial score (nSPS) is 10.7. The van der Waals surface area contributed by atoms with Crippen molar-refractivity contribution in [2.75, 3.05) is 16.4 Å². The Morgan fingerprint density at radius 1 is 0.914 bits per heavy atom. The van der Waals surface area contributed by atoms with Crippen LogP contribution in [0.4, 0.5) is 28.4 Å². The standard InChI is InChI=1S/C28H24N6O/c1-34-16-13-22(14-17-34)32-26-4-2-3-5-27(26)33-28(35)19-6-9-21(10-7-19)31-25-12-15-30-24-11-8-20(29)18-23(24)25/h2-18H,29H2,1H3,(H,30,31)(H,33,35). The third-order valence-electron chi connectivity index (χ3n) is 5.55. The molecule has 0 unspecified atom stereocenters. The Morgan fingerprint density at radius 3 is 2.49 bits per heavy atom. The second kappa shape index (κ2) is 9.52. The SMILES string of the molecule is Cn1ccc(=Nc2ccccc2NC(=O)c2ccc(Nc3ccnc4ccc(N)cc34)cc2)cc1. The third-order valence-corrected chi connectivity index (χ3v) is 5.55. The van der Waals surface area contributed by atoms with E-state index >= 15 is 0 Å². The molecule has 0 bridgehead atoms. The lowest BCUT2D eigenvalue weighted by atomic mass is 10.1. The number of carbonyl (C=O) groups excluding carboxylic acids is 1. The van der Waals surface area contributed by atoms with E-state index in [2.05, 4.69) is 20.6 Å². The minimum atomic E-state index is -0.208. The molecule has 5 aromatic rings. The number of nitrogens with zero attached hydrogens (tertiary/aromatic N) is 3. The summed E-state index contributed by atoms with van der Waals surface area (Å²) in [6, 6.07) is 26.2. The van der Waals surface area contributed by atoms with Crippen LogP contribution in [0.2, 0.25) is 0 Å². The average Bonchev–Trinajstić information content (AvgIpc) is 2.87. The van der Waals surface area contributed by atoms with Gasteiger partial charge in [0.15, 0.2) is 0 Å². The van der Waals surface area contributed by atoms with Crippen molar-refractivity contribution in [1.29, 1.82) is 0 Å². The van der Waals surface area contributed by atoms with Crippen LogP contribution in [-0.4, -0.2) is 15.5 Å². The van der Waals surface area contributed by atoms with E-state index in [0.29, 0.717) is 22.6 Å². The number of para-hydroxylation sites is 2. The summed E-state index contributed by atoms with van der Waals surface area (Å²) in [5.74, 6) is -0.208. The average molecular weight is 461 g/mol. The number of rotatable bonds is 5. The predicted octanol–water partition coefficient (Wildman–Crippen LogP) is 5.38. The summed E-state index contributed by atoms with van der Waals surface area (Å²) in [6.07, 6.45) is 5.61. The van der Waals surface area contributed by atoms with Crippen LogP contribution in [0.25, 0.3) is 10.9 Å². The molecule has 5 rings (SSSR count). The summed E-state index contributed by atoms with van der Waals surface area (Å²) < 4.78 is 1.94. The lowest BCUT2D eigenvalue weighted by molar-refractivity contribution is 0.102. The van der Waals surface area contributed by atoms with Crippen molar-refractivity contribution in [3.63, 3.8) is 0 Å². The summed E-state index contributed by atoms with van der Waals surface area (Å²) >= 11 is 0. The number of benzene rings is 3. The Labute approximate surface area is 202 Å². The van der Waals surface area contributed by atoms with E-state index in [1.165, 1.54) is 0 Å². The van der Waals surface area contributed by atoms with Gasteiger partial charge in [-0.3, -0.25) is 9.78 Å². The molecular weight excluding hydrogens is 436 g/mol. The highest BCUT2D eigenvalue weighted by molar-refractivity contribution is 6.06. The van der Waals surface area contributed by atoms with Crippen molar-refractivity contribution in [2.24, 2.45) is 12.0 Å². The number of aromatic nitrogens is 2. The van der Waals surface area contributed by atoms with E-state index in [1.807, 2.05) is 96.8 Å². The second-order valence-corrected chi connectivity index (χ2v) is 8.14. The van der Waals surface area contributed by atoms with E-state index in [-0.39, 0.29) is 5.91 Å². The largest absolute Gasteiger partial charge is 0.399 e. The summed E-state index contributed by atoms with van der Waals surface area (Å²) in [7, 11) is 1.95. The van der Waals surface area contributed by atoms with Crippen LogP contribution in [0, 0.1) is 0 Å². The zero-order valence-electron chi connectivity index (χ0n) is 19.1. The van der Waals surface area contributed by atoms with Crippen LogP contribution in [0.1, 0.15) is 10.4 Å². The van der Waals surface area contributed by atoms with Crippen molar-refractivity contribution < 1.29 is 4.79 Å². The van der Waals surface area contributed by atoms with Gasteiger partial charge in [-0.1, -0.05) is 12.1 Å². The summed E-state index contributed by atoms with van der Waals surface area (Å²) in [5, 5.41) is 8.11. The van der Waals surface area contributed by atoms with Crippen LogP contribution in [0.15, 0.2) is 109 Å². The van der Waals surface area contributed by atoms with Gasteiger partial charge in [0.2, 0.25) is 0 Å². The van der Waals surface area contributed by atoms with Crippen molar-refractivity contribution in [2.45, 2.75) is 0 Å². The van der Waals surface area contributed by atoms with Gasteiger partial charge in [0.25, 0.3) is 5.91 Å². The van der Waals surface area contributed by atoms with E-state index in [0.717, 1.165) is 27.6 Å². The van der Waals surface area contributed by atoms with E-state index in [1.54, 1.807) is 18.3 Å². The molecule has 0 saturated carbocycles. The monoisotopic (exact) mass is 460 g/mol. The molecule has 2 aromatic heterocycles. The Balaban J connectivity index is 1.34. The summed E-state index contributed by atoms with van der Waals surface area (Å²) in [6.45, 7) is 0. The fourth-order valence-electron chi connectivity index (χ4n) is 3.71. The van der Waals surface area contributed by atoms with Crippen LogP contribution in [0.5, 0.6) is 0 Å². The molecule has 2 heterocycles. The zero-order valence-corrected chi connectivity index (χ0v) is 19.1. The molecule has 0 saturated heterocycles. The molecule has 4 N–H and O–H groups in total. The Bertz CT molecular complexity index is 1570. The smallest absolute Gasteiger partial charge is 0.255 e. The molecule has 172 valence electrons. The van der Waals surface area contributed by atoms with Crippen molar-refractivity contribution in [3.8, 4) is 0 Å². The third kappa shape index (κ3) is 5.04. The Hall–Kier alpha value is -4.91. The molecule has 0 aliphatic heterocycles. The first-order chi connectivity index (χ1) is 17.0. The van der Waals surface area contributed by atoms with Crippen LogP contribution in [-0.2, 0) is 7.05 Å². The second-order valence-electron chi connectivity index (χ2n) is 8.14. The van der Waals surface area contributed by atoms with Gasteiger partial charge in [0, 0.05) is 53.7 Å². The molecule has 3 aromatic carbocycles. The minimum Gasteiger partial charge on any atom is -0.399 e. The maximum atomic E-state index is 12.9. The number of nitrogen functional groups attached to an aromatic ring is 1. The molecule has 0 aliphatic carbocycles. The first-order valence-corrected chi connectivity index (χ1v) is 11.1. The van der Waals surface area contributed by atoms with E-state index in [9.17, 15) is 4.79 Å². The highest BCUT2D eigenvalue weighted by Crippen LogP contribution is 2.28. The van der Waals surface area contributed by atoms with Crippen molar-refractivity contribution >= 4 is 45.2 Å². The van der Waals surface area contributed by atoms with Crippen LogP contribution < -0.4 is 21.7 Å². The molecule has 7 nitrogen and oxygen atoms in total. The number of carbonyl (C=O) groups is 1. The molecule has 0 fully saturated rings. The molecule has 1 amide bonds. The number of amides is 1. The van der Waals surface area contributed by atoms with Gasteiger partial charge in [-0.25, -0.2) is 4.99 Å². The fraction of sp³-hybridized carbons (Fsp3) is 0.0357. The highest BCUT2D eigenvalue weighted by atomic mass is 16.1. The molecular formula is C28H24N6O. The zero-order chi connectivity index (χ0) is 24.2. The number of hydrogen-bond donors (Lipinski definition) is 3. The van der Waals surface area contributed by atoms with Gasteiger partial charge in [0.1, 0.15) is 0 Å². The van der Waals surface area contributed by atoms with Gasteiger partial charge >= 0.3 is 0 Å². The van der Waals surface area contributed by atoms with Gasteiger partial charge in [-0.05, 0) is 72.8 Å². The summed E-state index contributed by atoms with van der Waals surface area (Å²) in [4.78, 5) is 22.0. The van der Waals surface area contributed by atoms with E-state index in [4.69, 9.17) is 5.73 Å².